The van der Waals surface area contributed by atoms with Gasteiger partial charge < -0.3 is 9.47 Å². The summed E-state index contributed by atoms with van der Waals surface area (Å²) in [6, 6.07) is 13.4. The summed E-state index contributed by atoms with van der Waals surface area (Å²) in [5, 5.41) is 10.9. The Morgan fingerprint density at radius 2 is 1.09 bits per heavy atom. The van der Waals surface area contributed by atoms with Crippen molar-refractivity contribution in [2.24, 2.45) is 0 Å². The molecule has 0 aliphatic rings. The fourth-order valence-corrected chi connectivity index (χ4v) is 4.26. The van der Waals surface area contributed by atoms with Gasteiger partial charge in [0.05, 0.1) is 0 Å². The molecule has 12 heteroatoms. The van der Waals surface area contributed by atoms with Gasteiger partial charge >= 0.3 is 0 Å². The van der Waals surface area contributed by atoms with Gasteiger partial charge in [-0.25, -0.2) is 9.97 Å². The molecule has 0 unspecified atom stereocenters. The van der Waals surface area contributed by atoms with Crippen molar-refractivity contribution in [1.82, 2.24) is 9.97 Å². The number of nitrogens with zero attached hydrogens (tertiary/aromatic N) is 2. The molecular weight excluding hydrogens is 519 g/mol. The quantitative estimate of drug-likeness (QED) is 0.289. The van der Waals surface area contributed by atoms with Crippen molar-refractivity contribution in [2.75, 3.05) is 23.8 Å². The van der Waals surface area contributed by atoms with Gasteiger partial charge in [-0.2, -0.15) is 0 Å². The Hall–Kier alpha value is -3.18. The molecule has 0 atom stereocenters. The van der Waals surface area contributed by atoms with Gasteiger partial charge in [-0.05, 0) is 48.5 Å². The van der Waals surface area contributed by atoms with Crippen LogP contribution in [0.3, 0.4) is 0 Å². The van der Waals surface area contributed by atoms with E-state index >= 15 is 0 Å². The van der Waals surface area contributed by atoms with E-state index in [0.29, 0.717) is 43.2 Å². The number of anilines is 2. The third-order valence-corrected chi connectivity index (χ3v) is 6.15. The number of hydrogen-bond donors (Lipinski definition) is 2. The van der Waals surface area contributed by atoms with Crippen molar-refractivity contribution in [1.29, 1.82) is 0 Å². The number of ether oxygens (including phenoxy) is 2. The summed E-state index contributed by atoms with van der Waals surface area (Å²) >= 11 is 14.2. The summed E-state index contributed by atoms with van der Waals surface area (Å²) < 4.78 is 10.8. The van der Waals surface area contributed by atoms with Crippen LogP contribution in [0.1, 0.15) is 0 Å². The number of amides is 2. The van der Waals surface area contributed by atoms with Gasteiger partial charge in [-0.15, -0.1) is 22.7 Å². The van der Waals surface area contributed by atoms with E-state index in [1.54, 1.807) is 59.3 Å². The molecule has 0 radical (unpaired) electrons. The van der Waals surface area contributed by atoms with Gasteiger partial charge in [0.15, 0.2) is 23.5 Å². The minimum absolute atomic E-state index is 0.165. The Morgan fingerprint density at radius 1 is 0.706 bits per heavy atom. The van der Waals surface area contributed by atoms with E-state index in [1.807, 2.05) is 0 Å². The van der Waals surface area contributed by atoms with E-state index in [4.69, 9.17) is 32.7 Å². The van der Waals surface area contributed by atoms with E-state index in [9.17, 15) is 9.59 Å². The molecule has 4 rings (SSSR count). The summed E-state index contributed by atoms with van der Waals surface area (Å²) in [6.07, 6.45) is 0. The second-order valence-corrected chi connectivity index (χ2v) is 9.25. The van der Waals surface area contributed by atoms with Crippen LogP contribution in [-0.4, -0.2) is 35.0 Å². The lowest BCUT2D eigenvalue weighted by Gasteiger charge is -2.05. The zero-order chi connectivity index (χ0) is 23.9. The standard InChI is InChI=1S/C22H16Cl2N4O4S2/c23-13-1-5-15(6-2-13)31-9-19(29)27-21-25-17(11-33-21)18-12-34-22(26-18)28-20(30)10-32-16-7-3-14(24)4-8-16/h1-8,11-12H,9-10H2,(H,25,27,29)(H,26,28,30). The highest BCUT2D eigenvalue weighted by molar-refractivity contribution is 7.15. The third kappa shape index (κ3) is 6.91. The second-order valence-electron chi connectivity index (χ2n) is 6.66. The molecule has 2 aromatic carbocycles. The average molecular weight is 535 g/mol. The van der Waals surface area contributed by atoms with Gasteiger partial charge in [0, 0.05) is 20.8 Å². The molecule has 8 nitrogen and oxygen atoms in total. The SMILES string of the molecule is O=C(COc1ccc(Cl)cc1)Nc1nc(-c2csc(NC(=O)COc3ccc(Cl)cc3)n2)cs1. The second kappa shape index (κ2) is 11.3. The number of rotatable bonds is 9. The van der Waals surface area contributed by atoms with Gasteiger partial charge in [-0.3, -0.25) is 20.2 Å². The van der Waals surface area contributed by atoms with Crippen molar-refractivity contribution in [2.45, 2.75) is 0 Å². The van der Waals surface area contributed by atoms with E-state index in [-0.39, 0.29) is 25.0 Å². The first-order valence-electron chi connectivity index (χ1n) is 9.72. The minimum Gasteiger partial charge on any atom is -0.484 e. The molecule has 0 spiro atoms. The number of thiazole rings is 2. The molecule has 0 aliphatic carbocycles. The van der Waals surface area contributed by atoms with E-state index < -0.39 is 0 Å². The molecule has 174 valence electrons. The van der Waals surface area contributed by atoms with Crippen LogP contribution in [0.25, 0.3) is 11.4 Å². The Labute approximate surface area is 212 Å². The monoisotopic (exact) mass is 534 g/mol. The molecular formula is C22H16Cl2N4O4S2. The van der Waals surface area contributed by atoms with Crippen molar-refractivity contribution in [3.05, 3.63) is 69.3 Å². The highest BCUT2D eigenvalue weighted by Gasteiger charge is 2.13. The van der Waals surface area contributed by atoms with Crippen LogP contribution in [0.2, 0.25) is 10.0 Å². The van der Waals surface area contributed by atoms with Crippen LogP contribution >= 0.6 is 45.9 Å². The van der Waals surface area contributed by atoms with Crippen LogP contribution in [0, 0.1) is 0 Å². The van der Waals surface area contributed by atoms with E-state index in [1.165, 1.54) is 22.7 Å². The number of carbonyl (C=O) groups is 2. The first-order valence-corrected chi connectivity index (χ1v) is 12.2. The minimum atomic E-state index is -0.345. The predicted octanol–water partition coefficient (Wildman–Crippen LogP) is 5.61. The van der Waals surface area contributed by atoms with Gasteiger partial charge in [0.2, 0.25) is 0 Å². The maximum absolute atomic E-state index is 12.1. The zero-order valence-electron chi connectivity index (χ0n) is 17.3. The molecule has 0 fully saturated rings. The van der Waals surface area contributed by atoms with Crippen LogP contribution in [-0.2, 0) is 9.59 Å². The Balaban J connectivity index is 1.26. The van der Waals surface area contributed by atoms with Crippen molar-refractivity contribution in [3.63, 3.8) is 0 Å². The molecule has 0 aliphatic heterocycles. The number of nitrogens with one attached hydrogen (secondary N) is 2. The van der Waals surface area contributed by atoms with Crippen molar-refractivity contribution < 1.29 is 19.1 Å². The molecule has 0 saturated heterocycles. The van der Waals surface area contributed by atoms with Crippen molar-refractivity contribution >= 4 is 68.0 Å². The lowest BCUT2D eigenvalue weighted by molar-refractivity contribution is -0.118. The summed E-state index contributed by atoms with van der Waals surface area (Å²) in [5.41, 5.74) is 1.15. The number of carbonyl (C=O) groups excluding carboxylic acids is 2. The molecule has 4 aromatic rings. The highest BCUT2D eigenvalue weighted by atomic mass is 35.5. The molecule has 2 N–H and O–H groups in total. The molecule has 0 bridgehead atoms. The number of aromatic nitrogens is 2. The topological polar surface area (TPSA) is 102 Å². The lowest BCUT2D eigenvalue weighted by Crippen LogP contribution is -2.20. The number of benzene rings is 2. The molecule has 2 aromatic heterocycles. The van der Waals surface area contributed by atoms with Crippen LogP contribution < -0.4 is 20.1 Å². The first-order chi connectivity index (χ1) is 16.4. The summed E-state index contributed by atoms with van der Waals surface area (Å²) in [7, 11) is 0. The fourth-order valence-electron chi connectivity index (χ4n) is 2.57. The molecule has 0 saturated carbocycles. The largest absolute Gasteiger partial charge is 0.484 e. The maximum Gasteiger partial charge on any atom is 0.264 e. The average Bonchev–Trinajstić information content (AvgIpc) is 3.48. The summed E-state index contributed by atoms with van der Waals surface area (Å²) in [5.74, 6) is 0.385. The Morgan fingerprint density at radius 3 is 1.47 bits per heavy atom. The Bertz CT molecular complexity index is 1180. The smallest absolute Gasteiger partial charge is 0.264 e. The summed E-state index contributed by atoms with van der Waals surface area (Å²) in [4.78, 5) is 33.0. The highest BCUT2D eigenvalue weighted by Crippen LogP contribution is 2.28. The van der Waals surface area contributed by atoms with E-state index in [2.05, 4.69) is 20.6 Å². The maximum atomic E-state index is 12.1. The number of halogens is 2. The first kappa shape index (κ1) is 24.0. The zero-order valence-corrected chi connectivity index (χ0v) is 20.4. The van der Waals surface area contributed by atoms with Gasteiger partial charge in [0.1, 0.15) is 22.9 Å². The van der Waals surface area contributed by atoms with Crippen LogP contribution in [0.15, 0.2) is 59.3 Å². The fraction of sp³-hybridized carbons (Fsp3) is 0.0909. The summed E-state index contributed by atoms with van der Waals surface area (Å²) in [6.45, 7) is -0.330. The van der Waals surface area contributed by atoms with Gasteiger partial charge in [-0.1, -0.05) is 23.2 Å². The predicted molar refractivity (Wildman–Crippen MR) is 134 cm³/mol. The van der Waals surface area contributed by atoms with Crippen molar-refractivity contribution in [3.8, 4) is 22.9 Å². The lowest BCUT2D eigenvalue weighted by atomic mass is 10.3. The van der Waals surface area contributed by atoms with E-state index in [0.717, 1.165) is 0 Å². The van der Waals surface area contributed by atoms with Crippen LogP contribution in [0.4, 0.5) is 10.3 Å². The molecule has 2 heterocycles. The number of hydrogen-bond acceptors (Lipinski definition) is 8. The Kier molecular flexibility index (Phi) is 7.96. The molecule has 2 amide bonds. The third-order valence-electron chi connectivity index (χ3n) is 4.13. The van der Waals surface area contributed by atoms with Gasteiger partial charge in [0.25, 0.3) is 11.8 Å². The normalized spacial score (nSPS) is 10.5. The molecule has 34 heavy (non-hydrogen) atoms. The van der Waals surface area contributed by atoms with Crippen LogP contribution in [0.5, 0.6) is 11.5 Å².